The Balaban J connectivity index is 2.56. The number of hydrogen-bond donors (Lipinski definition) is 1. The van der Waals surface area contributed by atoms with Crippen LogP contribution in [0.1, 0.15) is 31.9 Å². The highest BCUT2D eigenvalue weighted by Crippen LogP contribution is 2.33. The number of benzene rings is 1. The molecule has 1 rings (SSSR count). The molecule has 0 bridgehead atoms. The van der Waals surface area contributed by atoms with Gasteiger partial charge in [-0.1, -0.05) is 55.9 Å². The predicted molar refractivity (Wildman–Crippen MR) is 75.2 cm³/mol. The lowest BCUT2D eigenvalue weighted by atomic mass is 9.92. The van der Waals surface area contributed by atoms with Crippen LogP contribution in [0.3, 0.4) is 0 Å². The van der Waals surface area contributed by atoms with E-state index >= 15 is 0 Å². The van der Waals surface area contributed by atoms with Crippen molar-refractivity contribution in [2.24, 2.45) is 5.92 Å². The molecule has 0 saturated heterocycles. The summed E-state index contributed by atoms with van der Waals surface area (Å²) in [6, 6.07) is 9.99. The number of alkyl halides is 3. The standard InChI is InChI=1S/C14H20F3NS/c1-3-18-13(12-7-5-4-6-8-12)11(2)9-10-19-14(15,16)17/h4-8,11,13,18H,3,9-10H2,1-2H3. The van der Waals surface area contributed by atoms with E-state index in [0.29, 0.717) is 6.42 Å². The summed E-state index contributed by atoms with van der Waals surface area (Å²) in [6.45, 7) is 4.81. The molecule has 108 valence electrons. The second-order valence-corrected chi connectivity index (χ2v) is 5.67. The van der Waals surface area contributed by atoms with Crippen LogP contribution in [-0.2, 0) is 0 Å². The van der Waals surface area contributed by atoms with Gasteiger partial charge >= 0.3 is 5.51 Å². The molecule has 1 N–H and O–H groups in total. The summed E-state index contributed by atoms with van der Waals surface area (Å²) in [5.74, 6) is 0.275. The SMILES string of the molecule is CCNC(c1ccccc1)C(C)CCSC(F)(F)F. The van der Waals surface area contributed by atoms with Crippen LogP contribution >= 0.6 is 11.8 Å². The quantitative estimate of drug-likeness (QED) is 0.787. The zero-order valence-corrected chi connectivity index (χ0v) is 12.0. The molecule has 0 fully saturated rings. The lowest BCUT2D eigenvalue weighted by molar-refractivity contribution is -0.0328. The van der Waals surface area contributed by atoms with Crippen molar-refractivity contribution in [1.29, 1.82) is 0 Å². The van der Waals surface area contributed by atoms with Gasteiger partial charge in [-0.25, -0.2) is 0 Å². The zero-order valence-electron chi connectivity index (χ0n) is 11.2. The highest BCUT2D eigenvalue weighted by atomic mass is 32.2. The highest BCUT2D eigenvalue weighted by Gasteiger charge is 2.28. The van der Waals surface area contributed by atoms with E-state index in [1.807, 2.05) is 44.2 Å². The van der Waals surface area contributed by atoms with Crippen LogP contribution in [0, 0.1) is 5.92 Å². The van der Waals surface area contributed by atoms with E-state index in [1.165, 1.54) is 0 Å². The average molecular weight is 291 g/mol. The summed E-state index contributed by atoms with van der Waals surface area (Å²) in [6.07, 6.45) is 0.538. The molecule has 19 heavy (non-hydrogen) atoms. The third-order valence-corrected chi connectivity index (χ3v) is 3.76. The molecule has 0 aliphatic heterocycles. The van der Waals surface area contributed by atoms with E-state index in [2.05, 4.69) is 5.32 Å². The topological polar surface area (TPSA) is 12.0 Å². The lowest BCUT2D eigenvalue weighted by Crippen LogP contribution is -2.27. The normalized spacial score (nSPS) is 15.2. The van der Waals surface area contributed by atoms with Gasteiger partial charge in [-0.15, -0.1) is 0 Å². The molecule has 0 aromatic heterocycles. The molecule has 1 aromatic rings. The first-order valence-electron chi connectivity index (χ1n) is 6.43. The monoisotopic (exact) mass is 291 g/mol. The Morgan fingerprint density at radius 1 is 1.21 bits per heavy atom. The molecule has 0 radical (unpaired) electrons. The van der Waals surface area contributed by atoms with Crippen molar-refractivity contribution in [3.8, 4) is 0 Å². The third kappa shape index (κ3) is 6.34. The Labute approximate surface area is 117 Å². The van der Waals surface area contributed by atoms with Gasteiger partial charge in [0.1, 0.15) is 0 Å². The first-order valence-corrected chi connectivity index (χ1v) is 7.41. The number of hydrogen-bond acceptors (Lipinski definition) is 2. The van der Waals surface area contributed by atoms with Crippen LogP contribution in [0.15, 0.2) is 30.3 Å². The first-order chi connectivity index (χ1) is 8.94. The molecule has 2 unspecified atom stereocenters. The fourth-order valence-corrected chi connectivity index (χ4v) is 2.78. The number of thioether (sulfide) groups is 1. The predicted octanol–water partition coefficient (Wildman–Crippen LogP) is 4.62. The molecule has 0 saturated carbocycles. The summed E-state index contributed by atoms with van der Waals surface area (Å²) < 4.78 is 36.4. The van der Waals surface area contributed by atoms with Crippen molar-refractivity contribution < 1.29 is 13.2 Å². The summed E-state index contributed by atoms with van der Waals surface area (Å²) in [4.78, 5) is 0. The van der Waals surface area contributed by atoms with Gasteiger partial charge in [-0.05, 0) is 24.4 Å². The van der Waals surface area contributed by atoms with Gasteiger partial charge in [0.05, 0.1) is 0 Å². The Kier molecular flexibility index (Phi) is 6.72. The van der Waals surface area contributed by atoms with Gasteiger partial charge in [0.15, 0.2) is 0 Å². The molecule has 1 aromatic carbocycles. The van der Waals surface area contributed by atoms with Crippen LogP contribution in [0.4, 0.5) is 13.2 Å². The molecule has 2 atom stereocenters. The Morgan fingerprint density at radius 2 is 1.84 bits per heavy atom. The minimum atomic E-state index is -4.12. The minimum absolute atomic E-state index is 0.0648. The first kappa shape index (κ1) is 16.4. The van der Waals surface area contributed by atoms with E-state index in [0.717, 1.165) is 12.1 Å². The fourth-order valence-electron chi connectivity index (χ4n) is 2.06. The number of rotatable bonds is 7. The molecule has 0 amide bonds. The van der Waals surface area contributed by atoms with Gasteiger partial charge in [-0.3, -0.25) is 0 Å². The second-order valence-electron chi connectivity index (χ2n) is 4.51. The highest BCUT2D eigenvalue weighted by molar-refractivity contribution is 8.00. The molecule has 1 nitrogen and oxygen atoms in total. The van der Waals surface area contributed by atoms with Crippen LogP contribution < -0.4 is 5.32 Å². The molecule has 0 aliphatic rings. The largest absolute Gasteiger partial charge is 0.441 e. The van der Waals surface area contributed by atoms with E-state index in [-0.39, 0.29) is 29.5 Å². The molecule has 0 aliphatic carbocycles. The van der Waals surface area contributed by atoms with Crippen LogP contribution in [0.5, 0.6) is 0 Å². The smallest absolute Gasteiger partial charge is 0.310 e. The van der Waals surface area contributed by atoms with Crippen molar-refractivity contribution in [3.05, 3.63) is 35.9 Å². The molecule has 5 heteroatoms. The zero-order chi connectivity index (χ0) is 14.3. The van der Waals surface area contributed by atoms with Gasteiger partial charge in [-0.2, -0.15) is 13.2 Å². The maximum atomic E-state index is 12.1. The van der Waals surface area contributed by atoms with Gasteiger partial charge in [0.25, 0.3) is 0 Å². The average Bonchev–Trinajstić information content (AvgIpc) is 2.35. The van der Waals surface area contributed by atoms with E-state index < -0.39 is 5.51 Å². The van der Waals surface area contributed by atoms with Crippen LogP contribution in [-0.4, -0.2) is 17.8 Å². The lowest BCUT2D eigenvalue weighted by Gasteiger charge is -2.25. The van der Waals surface area contributed by atoms with Crippen molar-refractivity contribution in [3.63, 3.8) is 0 Å². The molecule has 0 heterocycles. The van der Waals surface area contributed by atoms with Gasteiger partial charge in [0, 0.05) is 11.8 Å². The molecule has 0 spiro atoms. The number of halogens is 3. The molecular weight excluding hydrogens is 271 g/mol. The van der Waals surface area contributed by atoms with Crippen LogP contribution in [0.2, 0.25) is 0 Å². The summed E-state index contributed by atoms with van der Waals surface area (Å²) >= 11 is 0.0648. The molecular formula is C14H20F3NS. The number of nitrogens with one attached hydrogen (secondary N) is 1. The third-order valence-electron chi connectivity index (χ3n) is 2.99. The van der Waals surface area contributed by atoms with Crippen molar-refractivity contribution >= 4 is 11.8 Å². The van der Waals surface area contributed by atoms with Crippen molar-refractivity contribution in [2.45, 2.75) is 31.8 Å². The van der Waals surface area contributed by atoms with Crippen LogP contribution in [0.25, 0.3) is 0 Å². The van der Waals surface area contributed by atoms with E-state index in [4.69, 9.17) is 0 Å². The second kappa shape index (κ2) is 7.80. The van der Waals surface area contributed by atoms with Crippen molar-refractivity contribution in [1.82, 2.24) is 5.32 Å². The van der Waals surface area contributed by atoms with Crippen molar-refractivity contribution in [2.75, 3.05) is 12.3 Å². The summed E-state index contributed by atoms with van der Waals surface area (Å²) in [7, 11) is 0. The van der Waals surface area contributed by atoms with Gasteiger partial charge in [0.2, 0.25) is 0 Å². The maximum absolute atomic E-state index is 12.1. The minimum Gasteiger partial charge on any atom is -0.310 e. The van der Waals surface area contributed by atoms with E-state index in [9.17, 15) is 13.2 Å². The van der Waals surface area contributed by atoms with Gasteiger partial charge < -0.3 is 5.32 Å². The maximum Gasteiger partial charge on any atom is 0.441 e. The summed E-state index contributed by atoms with van der Waals surface area (Å²) in [5, 5.41) is 3.36. The Bertz CT molecular complexity index is 353. The summed E-state index contributed by atoms with van der Waals surface area (Å²) in [5.41, 5.74) is -2.99. The fraction of sp³-hybridized carbons (Fsp3) is 0.571. The van der Waals surface area contributed by atoms with E-state index in [1.54, 1.807) is 0 Å². The Hall–Kier alpha value is -0.680. The Morgan fingerprint density at radius 3 is 2.37 bits per heavy atom.